The van der Waals surface area contributed by atoms with Gasteiger partial charge in [-0.1, -0.05) is 45.8 Å². The van der Waals surface area contributed by atoms with Gasteiger partial charge in [0.1, 0.15) is 0 Å². The minimum atomic E-state index is 0.848. The van der Waals surface area contributed by atoms with Crippen molar-refractivity contribution in [2.75, 3.05) is 0 Å². The molecule has 0 saturated heterocycles. The number of allylic oxidation sites excluding steroid dienone is 2. The topological polar surface area (TPSA) is 0 Å². The SMILES string of the molecule is CCC(C)=CCCC(CC)C(C)C. The zero-order chi connectivity index (χ0) is 10.3. The summed E-state index contributed by atoms with van der Waals surface area (Å²) in [5, 5.41) is 0. The Hall–Kier alpha value is -0.260. The third-order valence-electron chi connectivity index (χ3n) is 3.06. The first kappa shape index (κ1) is 12.7. The summed E-state index contributed by atoms with van der Waals surface area (Å²) in [5.41, 5.74) is 1.54. The molecule has 0 aromatic rings. The van der Waals surface area contributed by atoms with Gasteiger partial charge in [-0.05, 0) is 38.0 Å². The first-order valence-electron chi connectivity index (χ1n) is 5.77. The van der Waals surface area contributed by atoms with E-state index >= 15 is 0 Å². The molecule has 0 nitrogen and oxygen atoms in total. The summed E-state index contributed by atoms with van der Waals surface area (Å²) in [5.74, 6) is 1.77. The molecule has 0 bridgehead atoms. The third-order valence-corrected chi connectivity index (χ3v) is 3.06. The first-order valence-corrected chi connectivity index (χ1v) is 5.77. The highest BCUT2D eigenvalue weighted by molar-refractivity contribution is 4.96. The molecule has 0 aliphatic heterocycles. The second-order valence-electron chi connectivity index (χ2n) is 4.39. The van der Waals surface area contributed by atoms with E-state index in [1.54, 1.807) is 5.57 Å². The molecule has 0 heterocycles. The quantitative estimate of drug-likeness (QED) is 0.517. The second-order valence-corrected chi connectivity index (χ2v) is 4.39. The Morgan fingerprint density at radius 2 is 1.85 bits per heavy atom. The summed E-state index contributed by atoms with van der Waals surface area (Å²) in [6.07, 6.45) is 7.59. The molecule has 0 saturated carbocycles. The fourth-order valence-electron chi connectivity index (χ4n) is 1.70. The standard InChI is InChI=1S/C13H26/c1-6-12(5)9-8-10-13(7-2)11(3)4/h9,11,13H,6-8,10H2,1-5H3. The van der Waals surface area contributed by atoms with Gasteiger partial charge in [-0.2, -0.15) is 0 Å². The Bertz CT molecular complexity index is 142. The van der Waals surface area contributed by atoms with Crippen LogP contribution in [-0.4, -0.2) is 0 Å². The van der Waals surface area contributed by atoms with Crippen molar-refractivity contribution in [3.63, 3.8) is 0 Å². The summed E-state index contributed by atoms with van der Waals surface area (Å²) in [6.45, 7) is 11.4. The van der Waals surface area contributed by atoms with Crippen molar-refractivity contribution >= 4 is 0 Å². The van der Waals surface area contributed by atoms with Gasteiger partial charge < -0.3 is 0 Å². The molecular formula is C13H26. The van der Waals surface area contributed by atoms with Crippen molar-refractivity contribution in [2.24, 2.45) is 11.8 Å². The molecule has 0 aromatic heterocycles. The Morgan fingerprint density at radius 3 is 2.23 bits per heavy atom. The van der Waals surface area contributed by atoms with E-state index in [2.05, 4.69) is 40.7 Å². The highest BCUT2D eigenvalue weighted by atomic mass is 14.1. The molecule has 0 heteroatoms. The molecule has 0 N–H and O–H groups in total. The van der Waals surface area contributed by atoms with E-state index in [0.717, 1.165) is 11.8 Å². The minimum Gasteiger partial charge on any atom is -0.0856 e. The van der Waals surface area contributed by atoms with Crippen LogP contribution in [0.3, 0.4) is 0 Å². The maximum Gasteiger partial charge on any atom is -0.0345 e. The average molecular weight is 182 g/mol. The lowest BCUT2D eigenvalue weighted by atomic mass is 9.89. The highest BCUT2D eigenvalue weighted by Gasteiger charge is 2.09. The van der Waals surface area contributed by atoms with E-state index in [-0.39, 0.29) is 0 Å². The van der Waals surface area contributed by atoms with Gasteiger partial charge >= 0.3 is 0 Å². The van der Waals surface area contributed by atoms with Crippen LogP contribution < -0.4 is 0 Å². The number of hydrogen-bond donors (Lipinski definition) is 0. The maximum absolute atomic E-state index is 2.41. The molecule has 0 radical (unpaired) electrons. The normalized spacial score (nSPS) is 15.1. The van der Waals surface area contributed by atoms with E-state index < -0.39 is 0 Å². The summed E-state index contributed by atoms with van der Waals surface area (Å²) >= 11 is 0. The summed E-state index contributed by atoms with van der Waals surface area (Å²) in [4.78, 5) is 0. The molecule has 0 fully saturated rings. The lowest BCUT2D eigenvalue weighted by Crippen LogP contribution is -2.06. The van der Waals surface area contributed by atoms with Gasteiger partial charge in [-0.25, -0.2) is 0 Å². The van der Waals surface area contributed by atoms with Crippen LogP contribution in [0, 0.1) is 11.8 Å². The number of rotatable bonds is 6. The predicted octanol–water partition coefficient (Wildman–Crippen LogP) is 4.81. The van der Waals surface area contributed by atoms with Crippen molar-refractivity contribution < 1.29 is 0 Å². The first-order chi connectivity index (χ1) is 6.11. The monoisotopic (exact) mass is 182 g/mol. The predicted molar refractivity (Wildman–Crippen MR) is 61.9 cm³/mol. The van der Waals surface area contributed by atoms with Crippen molar-refractivity contribution in [3.8, 4) is 0 Å². The third kappa shape index (κ3) is 5.90. The van der Waals surface area contributed by atoms with Crippen LogP contribution in [0.4, 0.5) is 0 Å². The van der Waals surface area contributed by atoms with Gasteiger partial charge in [-0.3, -0.25) is 0 Å². The molecule has 78 valence electrons. The Balaban J connectivity index is 3.73. The van der Waals surface area contributed by atoms with Gasteiger partial charge in [0.15, 0.2) is 0 Å². The molecule has 1 atom stereocenters. The van der Waals surface area contributed by atoms with Gasteiger partial charge in [0.25, 0.3) is 0 Å². The van der Waals surface area contributed by atoms with Gasteiger partial charge in [-0.15, -0.1) is 0 Å². The van der Waals surface area contributed by atoms with Crippen LogP contribution >= 0.6 is 0 Å². The van der Waals surface area contributed by atoms with Crippen molar-refractivity contribution in [2.45, 2.75) is 60.3 Å². The summed E-state index contributed by atoms with van der Waals surface area (Å²) in [7, 11) is 0. The molecule has 1 unspecified atom stereocenters. The van der Waals surface area contributed by atoms with Gasteiger partial charge in [0.2, 0.25) is 0 Å². The van der Waals surface area contributed by atoms with E-state index in [1.807, 2.05) is 0 Å². The zero-order valence-corrected chi connectivity index (χ0v) is 10.1. The van der Waals surface area contributed by atoms with Gasteiger partial charge in [0, 0.05) is 0 Å². The number of hydrogen-bond acceptors (Lipinski definition) is 0. The Kier molecular flexibility index (Phi) is 7.03. The fraction of sp³-hybridized carbons (Fsp3) is 0.846. The van der Waals surface area contributed by atoms with Crippen LogP contribution in [-0.2, 0) is 0 Å². The maximum atomic E-state index is 2.41. The molecule has 0 rings (SSSR count). The summed E-state index contributed by atoms with van der Waals surface area (Å²) in [6, 6.07) is 0. The van der Waals surface area contributed by atoms with E-state index in [0.29, 0.717) is 0 Å². The van der Waals surface area contributed by atoms with E-state index in [9.17, 15) is 0 Å². The van der Waals surface area contributed by atoms with Crippen molar-refractivity contribution in [1.29, 1.82) is 0 Å². The second kappa shape index (κ2) is 7.17. The van der Waals surface area contributed by atoms with Crippen LogP contribution in [0.2, 0.25) is 0 Å². The largest absolute Gasteiger partial charge is 0.0856 e. The van der Waals surface area contributed by atoms with Crippen LogP contribution in [0.5, 0.6) is 0 Å². The van der Waals surface area contributed by atoms with Crippen molar-refractivity contribution in [1.82, 2.24) is 0 Å². The molecule has 0 aliphatic rings. The smallest absolute Gasteiger partial charge is 0.0345 e. The molecule has 13 heavy (non-hydrogen) atoms. The molecular weight excluding hydrogens is 156 g/mol. The van der Waals surface area contributed by atoms with E-state index in [1.165, 1.54) is 25.7 Å². The average Bonchev–Trinajstić information content (AvgIpc) is 2.11. The van der Waals surface area contributed by atoms with Crippen LogP contribution in [0.1, 0.15) is 60.3 Å². The highest BCUT2D eigenvalue weighted by Crippen LogP contribution is 2.21. The Labute approximate surface area is 84.4 Å². The minimum absolute atomic E-state index is 0.848. The Morgan fingerprint density at radius 1 is 1.23 bits per heavy atom. The summed E-state index contributed by atoms with van der Waals surface area (Å²) < 4.78 is 0. The van der Waals surface area contributed by atoms with Gasteiger partial charge in [0.05, 0.1) is 0 Å². The fourth-order valence-corrected chi connectivity index (χ4v) is 1.70. The van der Waals surface area contributed by atoms with Crippen LogP contribution in [0.25, 0.3) is 0 Å². The molecule has 0 aromatic carbocycles. The van der Waals surface area contributed by atoms with Crippen molar-refractivity contribution in [3.05, 3.63) is 11.6 Å². The molecule has 0 aliphatic carbocycles. The lowest BCUT2D eigenvalue weighted by Gasteiger charge is -2.17. The van der Waals surface area contributed by atoms with E-state index in [4.69, 9.17) is 0 Å². The molecule has 0 amide bonds. The lowest BCUT2D eigenvalue weighted by molar-refractivity contribution is 0.351. The zero-order valence-electron chi connectivity index (χ0n) is 10.1. The molecule has 0 spiro atoms. The van der Waals surface area contributed by atoms with Crippen LogP contribution in [0.15, 0.2) is 11.6 Å².